The number of carbonyl (C=O) groups is 2. The first-order valence-corrected chi connectivity index (χ1v) is 11.8. The van der Waals surface area contributed by atoms with E-state index < -0.39 is 15.9 Å². The Kier molecular flexibility index (Phi) is 5.44. The van der Waals surface area contributed by atoms with E-state index >= 15 is 0 Å². The molecule has 2 amide bonds. The summed E-state index contributed by atoms with van der Waals surface area (Å²) in [6.07, 6.45) is 1.47. The van der Waals surface area contributed by atoms with E-state index in [2.05, 4.69) is 5.10 Å². The van der Waals surface area contributed by atoms with Crippen LogP contribution in [0.5, 0.6) is 11.5 Å². The van der Waals surface area contributed by atoms with Gasteiger partial charge in [0.2, 0.25) is 5.91 Å². The zero-order valence-electron chi connectivity index (χ0n) is 17.1. The molecule has 30 heavy (non-hydrogen) atoms. The van der Waals surface area contributed by atoms with Gasteiger partial charge in [0, 0.05) is 25.9 Å². The van der Waals surface area contributed by atoms with Gasteiger partial charge in [0.1, 0.15) is 5.71 Å². The molecule has 1 aromatic rings. The Morgan fingerprint density at radius 3 is 2.43 bits per heavy atom. The monoisotopic (exact) mass is 435 g/mol. The molecule has 0 bridgehead atoms. The Balaban J connectivity index is 1.53. The number of hydrogen-bond donors (Lipinski definition) is 0. The lowest BCUT2D eigenvalue weighted by molar-refractivity contribution is -0.134. The fourth-order valence-corrected chi connectivity index (χ4v) is 5.91. The van der Waals surface area contributed by atoms with Crippen molar-refractivity contribution in [1.82, 2.24) is 9.91 Å². The van der Waals surface area contributed by atoms with Crippen LogP contribution in [0.3, 0.4) is 0 Å². The number of fused-ring (bicyclic) bond motifs is 1. The summed E-state index contributed by atoms with van der Waals surface area (Å²) in [6.45, 7) is 0.950. The number of hydrazone groups is 1. The summed E-state index contributed by atoms with van der Waals surface area (Å²) in [5, 5.41) is 5.53. The van der Waals surface area contributed by atoms with Crippen LogP contribution in [0, 0.1) is 0 Å². The van der Waals surface area contributed by atoms with Gasteiger partial charge in [0.15, 0.2) is 21.3 Å². The predicted molar refractivity (Wildman–Crippen MR) is 109 cm³/mol. The first-order chi connectivity index (χ1) is 14.3. The maximum absolute atomic E-state index is 13.1. The molecular formula is C20H25N3O6S. The molecule has 1 fully saturated rings. The summed E-state index contributed by atoms with van der Waals surface area (Å²) in [5.41, 5.74) is 2.40. The third kappa shape index (κ3) is 3.88. The molecule has 0 N–H and O–H groups in total. The molecule has 9 nitrogen and oxygen atoms in total. The number of ether oxygens (including phenoxy) is 2. The lowest BCUT2D eigenvalue weighted by atomic mass is 9.98. The molecule has 1 saturated heterocycles. The van der Waals surface area contributed by atoms with Crippen molar-refractivity contribution in [2.75, 3.05) is 32.3 Å². The number of amides is 2. The third-order valence-electron chi connectivity index (χ3n) is 5.87. The highest BCUT2D eigenvalue weighted by atomic mass is 32.2. The predicted octanol–water partition coefficient (Wildman–Crippen LogP) is 0.754. The normalized spacial score (nSPS) is 23.1. The van der Waals surface area contributed by atoms with Crippen molar-refractivity contribution in [3.8, 4) is 11.5 Å². The molecule has 0 radical (unpaired) electrons. The van der Waals surface area contributed by atoms with Gasteiger partial charge < -0.3 is 14.4 Å². The molecule has 0 unspecified atom stereocenters. The van der Waals surface area contributed by atoms with E-state index in [-0.39, 0.29) is 36.2 Å². The highest BCUT2D eigenvalue weighted by Crippen LogP contribution is 2.33. The summed E-state index contributed by atoms with van der Waals surface area (Å²) in [5.74, 6) is 0.785. The molecule has 162 valence electrons. The van der Waals surface area contributed by atoms with Crippen LogP contribution in [0.4, 0.5) is 0 Å². The number of carbonyl (C=O) groups excluding carboxylic acids is 2. The van der Waals surface area contributed by atoms with Crippen molar-refractivity contribution in [1.29, 1.82) is 0 Å². The highest BCUT2D eigenvalue weighted by molar-refractivity contribution is 7.91. The second-order valence-electron chi connectivity index (χ2n) is 7.79. The minimum Gasteiger partial charge on any atom is -0.493 e. The van der Waals surface area contributed by atoms with E-state index in [4.69, 9.17) is 9.47 Å². The van der Waals surface area contributed by atoms with Crippen LogP contribution in [0.15, 0.2) is 17.2 Å². The molecule has 1 atom stereocenters. The Morgan fingerprint density at radius 2 is 1.80 bits per heavy atom. The molecule has 0 aliphatic carbocycles. The third-order valence-corrected chi connectivity index (χ3v) is 7.62. The lowest BCUT2D eigenvalue weighted by Gasteiger charge is -2.32. The van der Waals surface area contributed by atoms with Crippen molar-refractivity contribution < 1.29 is 27.5 Å². The Hall–Kier alpha value is -2.62. The average molecular weight is 436 g/mol. The quantitative estimate of drug-likeness (QED) is 0.691. The van der Waals surface area contributed by atoms with Crippen LogP contribution in [0.1, 0.15) is 30.4 Å². The Morgan fingerprint density at radius 1 is 1.10 bits per heavy atom. The van der Waals surface area contributed by atoms with Crippen LogP contribution in [-0.4, -0.2) is 74.2 Å². The van der Waals surface area contributed by atoms with Gasteiger partial charge in [-0.3, -0.25) is 9.59 Å². The van der Waals surface area contributed by atoms with Crippen LogP contribution >= 0.6 is 0 Å². The van der Waals surface area contributed by atoms with Crippen molar-refractivity contribution in [3.05, 3.63) is 23.3 Å². The van der Waals surface area contributed by atoms with Gasteiger partial charge in [-0.25, -0.2) is 13.4 Å². The van der Waals surface area contributed by atoms with Crippen molar-refractivity contribution in [3.63, 3.8) is 0 Å². The van der Waals surface area contributed by atoms with Crippen molar-refractivity contribution in [2.45, 2.75) is 38.3 Å². The number of hydrogen-bond acceptors (Lipinski definition) is 7. The van der Waals surface area contributed by atoms with E-state index in [9.17, 15) is 18.0 Å². The molecule has 1 aromatic carbocycles. The first kappa shape index (κ1) is 20.6. The zero-order valence-corrected chi connectivity index (χ0v) is 17.9. The zero-order chi connectivity index (χ0) is 21.5. The van der Waals surface area contributed by atoms with Crippen molar-refractivity contribution in [2.24, 2.45) is 5.10 Å². The van der Waals surface area contributed by atoms with Crippen LogP contribution < -0.4 is 9.47 Å². The van der Waals surface area contributed by atoms with Gasteiger partial charge >= 0.3 is 0 Å². The van der Waals surface area contributed by atoms with E-state index in [1.54, 1.807) is 19.1 Å². The number of sulfone groups is 1. The number of methoxy groups -OCH3 is 2. The second kappa shape index (κ2) is 7.90. The van der Waals surface area contributed by atoms with Crippen LogP contribution in [0.2, 0.25) is 0 Å². The van der Waals surface area contributed by atoms with Gasteiger partial charge in [0.05, 0.1) is 31.8 Å². The highest BCUT2D eigenvalue weighted by Gasteiger charge is 2.38. The van der Waals surface area contributed by atoms with Crippen LogP contribution in [0.25, 0.3) is 0 Å². The van der Waals surface area contributed by atoms with E-state index in [1.807, 2.05) is 12.1 Å². The number of rotatable bonds is 4. The maximum Gasteiger partial charge on any atom is 0.270 e. The average Bonchev–Trinajstić information content (AvgIpc) is 3.11. The Bertz CT molecular complexity index is 1020. The van der Waals surface area contributed by atoms with Crippen LogP contribution in [-0.2, 0) is 32.4 Å². The van der Waals surface area contributed by atoms with Gasteiger partial charge in [-0.05, 0) is 36.1 Å². The summed E-state index contributed by atoms with van der Waals surface area (Å²) in [4.78, 5) is 27.1. The lowest BCUT2D eigenvalue weighted by Crippen LogP contribution is -2.46. The molecule has 3 aliphatic heterocycles. The largest absolute Gasteiger partial charge is 0.493 e. The van der Waals surface area contributed by atoms with Gasteiger partial charge in [-0.1, -0.05) is 0 Å². The molecule has 0 saturated carbocycles. The summed E-state index contributed by atoms with van der Waals surface area (Å²) >= 11 is 0. The van der Waals surface area contributed by atoms with E-state index in [1.165, 1.54) is 5.01 Å². The first-order valence-electron chi connectivity index (χ1n) is 9.94. The summed E-state index contributed by atoms with van der Waals surface area (Å²) < 4.78 is 34.3. The smallest absolute Gasteiger partial charge is 0.270 e. The topological polar surface area (TPSA) is 106 Å². The van der Waals surface area contributed by atoms with E-state index in [0.717, 1.165) is 11.1 Å². The maximum atomic E-state index is 13.1. The minimum absolute atomic E-state index is 0.0501. The second-order valence-corrected chi connectivity index (χ2v) is 10.0. The summed E-state index contributed by atoms with van der Waals surface area (Å²) in [7, 11) is 0.00814. The molecule has 10 heteroatoms. The van der Waals surface area contributed by atoms with Gasteiger partial charge in [-0.15, -0.1) is 0 Å². The number of nitrogens with zero attached hydrogens (tertiary/aromatic N) is 3. The SMILES string of the molecule is COc1cc2c(cc1OC)CN(C(=O)C1=NN([C@H]3CCS(=O)(=O)C3)C(=O)CC1)CC2. The number of benzene rings is 1. The summed E-state index contributed by atoms with van der Waals surface area (Å²) in [6, 6.07) is 3.34. The van der Waals surface area contributed by atoms with Gasteiger partial charge in [0.25, 0.3) is 5.91 Å². The van der Waals surface area contributed by atoms with Crippen molar-refractivity contribution >= 4 is 27.4 Å². The fourth-order valence-electron chi connectivity index (χ4n) is 4.22. The molecular weight excluding hydrogens is 410 g/mol. The fraction of sp³-hybridized carbons (Fsp3) is 0.550. The molecule has 3 heterocycles. The molecule has 3 aliphatic rings. The van der Waals surface area contributed by atoms with E-state index in [0.29, 0.717) is 43.1 Å². The molecule has 0 aromatic heterocycles. The molecule has 0 spiro atoms. The minimum atomic E-state index is -3.15. The Labute approximate surface area is 175 Å². The molecule has 4 rings (SSSR count). The standard InChI is InChI=1S/C20H25N3O6S/c1-28-17-9-13-5-7-22(11-14(13)10-18(17)29-2)20(25)16-3-4-19(24)23(21-16)15-6-8-30(26,27)12-15/h9-10,15H,3-8,11-12H2,1-2H3/t15-/m0/s1. The van der Waals surface area contributed by atoms with Gasteiger partial charge in [-0.2, -0.15) is 5.10 Å².